The number of hydrogen-bond acceptors (Lipinski definition) is 3. The van der Waals surface area contributed by atoms with Crippen molar-refractivity contribution < 1.29 is 9.90 Å². The molecular formula is C14H16N2O2S. The first-order valence-electron chi connectivity index (χ1n) is 6.08. The molecule has 1 aromatic carbocycles. The summed E-state index contributed by atoms with van der Waals surface area (Å²) in [5, 5.41) is 9.37. The Kier molecular flexibility index (Phi) is 4.27. The number of nitrogens with one attached hydrogen (secondary N) is 1. The van der Waals surface area contributed by atoms with Crippen LogP contribution in [0.4, 0.5) is 0 Å². The number of carboxylic acid groups (broad SMARTS) is 1. The second-order valence-corrected chi connectivity index (χ2v) is 5.47. The molecule has 4 nitrogen and oxygen atoms in total. The van der Waals surface area contributed by atoms with E-state index in [1.165, 1.54) is 11.8 Å². The molecule has 0 radical (unpaired) electrons. The summed E-state index contributed by atoms with van der Waals surface area (Å²) in [6.45, 7) is 4.18. The van der Waals surface area contributed by atoms with Crippen LogP contribution in [0.25, 0.3) is 11.3 Å². The average molecular weight is 276 g/mol. The number of aromatic nitrogens is 2. The van der Waals surface area contributed by atoms with Gasteiger partial charge in [0.25, 0.3) is 0 Å². The van der Waals surface area contributed by atoms with E-state index in [-0.39, 0.29) is 5.75 Å². The summed E-state index contributed by atoms with van der Waals surface area (Å²) in [6, 6.07) is 9.92. The molecule has 0 bridgehead atoms. The molecule has 0 saturated heterocycles. The van der Waals surface area contributed by atoms with Crippen LogP contribution in [0.2, 0.25) is 0 Å². The van der Waals surface area contributed by atoms with Crippen LogP contribution in [-0.2, 0) is 4.79 Å². The molecule has 0 fully saturated rings. The van der Waals surface area contributed by atoms with E-state index < -0.39 is 5.97 Å². The van der Waals surface area contributed by atoms with Crippen molar-refractivity contribution in [1.29, 1.82) is 0 Å². The van der Waals surface area contributed by atoms with Gasteiger partial charge in [0.15, 0.2) is 5.16 Å². The molecular weight excluding hydrogens is 260 g/mol. The quantitative estimate of drug-likeness (QED) is 0.822. The summed E-state index contributed by atoms with van der Waals surface area (Å²) in [7, 11) is 0. The molecule has 0 aliphatic rings. The first-order valence-corrected chi connectivity index (χ1v) is 7.06. The van der Waals surface area contributed by atoms with E-state index in [2.05, 4.69) is 23.8 Å². The number of aromatic amines is 1. The first kappa shape index (κ1) is 13.7. The van der Waals surface area contributed by atoms with Gasteiger partial charge in [-0.25, -0.2) is 4.98 Å². The Morgan fingerprint density at radius 3 is 2.63 bits per heavy atom. The highest BCUT2D eigenvalue weighted by atomic mass is 32.2. The highest BCUT2D eigenvalue weighted by Crippen LogP contribution is 2.29. The third-order valence-electron chi connectivity index (χ3n) is 2.67. The van der Waals surface area contributed by atoms with Crippen LogP contribution in [0.1, 0.15) is 25.5 Å². The maximum Gasteiger partial charge on any atom is 0.313 e. The van der Waals surface area contributed by atoms with Crippen LogP contribution >= 0.6 is 11.8 Å². The van der Waals surface area contributed by atoms with Gasteiger partial charge in [-0.15, -0.1) is 0 Å². The van der Waals surface area contributed by atoms with Crippen LogP contribution in [0.15, 0.2) is 35.5 Å². The summed E-state index contributed by atoms with van der Waals surface area (Å²) in [5.41, 5.74) is 2.99. The number of aliphatic carboxylic acids is 1. The molecule has 0 amide bonds. The molecule has 5 heteroatoms. The molecule has 2 rings (SSSR count). The van der Waals surface area contributed by atoms with Crippen molar-refractivity contribution in [3.05, 3.63) is 36.0 Å². The maximum absolute atomic E-state index is 10.6. The van der Waals surface area contributed by atoms with Crippen molar-refractivity contribution in [1.82, 2.24) is 9.97 Å². The minimum Gasteiger partial charge on any atom is -0.481 e. The number of hydrogen-bond donors (Lipinski definition) is 2. The number of carbonyl (C=O) groups is 1. The lowest BCUT2D eigenvalue weighted by molar-refractivity contribution is -0.133. The van der Waals surface area contributed by atoms with Gasteiger partial charge in [-0.2, -0.15) is 0 Å². The molecule has 1 heterocycles. The number of imidazole rings is 1. The Labute approximate surface area is 116 Å². The monoisotopic (exact) mass is 276 g/mol. The predicted molar refractivity (Wildman–Crippen MR) is 76.5 cm³/mol. The maximum atomic E-state index is 10.6. The van der Waals surface area contributed by atoms with Crippen molar-refractivity contribution in [3.8, 4) is 11.3 Å². The second kappa shape index (κ2) is 5.93. The van der Waals surface area contributed by atoms with Gasteiger partial charge in [0.1, 0.15) is 0 Å². The molecule has 0 atom stereocenters. The Hall–Kier alpha value is -1.75. The molecule has 0 saturated carbocycles. The summed E-state index contributed by atoms with van der Waals surface area (Å²) in [5.74, 6) is -0.519. The van der Waals surface area contributed by atoms with Crippen molar-refractivity contribution in [3.63, 3.8) is 0 Å². The average Bonchev–Trinajstić information content (AvgIpc) is 2.82. The molecule has 0 unspecified atom stereocenters. The first-order chi connectivity index (χ1) is 9.08. The number of rotatable bonds is 5. The topological polar surface area (TPSA) is 66.0 Å². The van der Waals surface area contributed by atoms with E-state index in [9.17, 15) is 4.79 Å². The van der Waals surface area contributed by atoms with Gasteiger partial charge in [-0.05, 0) is 5.92 Å². The highest BCUT2D eigenvalue weighted by molar-refractivity contribution is 7.99. The molecule has 2 N–H and O–H groups in total. The molecule has 19 heavy (non-hydrogen) atoms. The molecule has 100 valence electrons. The molecule has 0 spiro atoms. The van der Waals surface area contributed by atoms with E-state index in [0.29, 0.717) is 11.1 Å². The van der Waals surface area contributed by atoms with E-state index in [4.69, 9.17) is 5.11 Å². The lowest BCUT2D eigenvalue weighted by Crippen LogP contribution is -1.97. The fraction of sp³-hybridized carbons (Fsp3) is 0.286. The van der Waals surface area contributed by atoms with Gasteiger partial charge < -0.3 is 10.1 Å². The number of nitrogens with zero attached hydrogens (tertiary/aromatic N) is 1. The van der Waals surface area contributed by atoms with Gasteiger partial charge in [-0.3, -0.25) is 4.79 Å². The largest absolute Gasteiger partial charge is 0.481 e. The molecule has 0 aliphatic carbocycles. The molecule has 2 aromatic rings. The lowest BCUT2D eigenvalue weighted by atomic mass is 10.0. The minimum atomic E-state index is -0.839. The van der Waals surface area contributed by atoms with E-state index in [1.807, 2.05) is 30.3 Å². The normalized spacial score (nSPS) is 10.9. The fourth-order valence-electron chi connectivity index (χ4n) is 1.80. The predicted octanol–water partition coefficient (Wildman–Crippen LogP) is 3.38. The van der Waals surface area contributed by atoms with Crippen LogP contribution in [0.5, 0.6) is 0 Å². The Balaban J connectivity index is 2.34. The highest BCUT2D eigenvalue weighted by Gasteiger charge is 2.15. The van der Waals surface area contributed by atoms with Crippen molar-refractivity contribution in [2.24, 2.45) is 0 Å². The van der Waals surface area contributed by atoms with Crippen LogP contribution in [0, 0.1) is 0 Å². The number of thioether (sulfide) groups is 1. The van der Waals surface area contributed by atoms with Crippen molar-refractivity contribution >= 4 is 17.7 Å². The summed E-state index contributed by atoms with van der Waals surface area (Å²) < 4.78 is 0. The summed E-state index contributed by atoms with van der Waals surface area (Å²) in [4.78, 5) is 18.3. The van der Waals surface area contributed by atoms with Gasteiger partial charge in [0.05, 0.1) is 11.4 Å². The zero-order chi connectivity index (χ0) is 13.8. The lowest BCUT2D eigenvalue weighted by Gasteiger charge is -2.05. The van der Waals surface area contributed by atoms with Crippen molar-refractivity contribution in [2.75, 3.05) is 5.75 Å². The summed E-state index contributed by atoms with van der Waals surface area (Å²) in [6.07, 6.45) is 0. The number of benzene rings is 1. The Morgan fingerprint density at radius 2 is 2.05 bits per heavy atom. The third kappa shape index (κ3) is 3.38. The molecule has 1 aromatic heterocycles. The van der Waals surface area contributed by atoms with Crippen LogP contribution < -0.4 is 0 Å². The third-order valence-corrected chi connectivity index (χ3v) is 3.53. The summed E-state index contributed by atoms with van der Waals surface area (Å²) >= 11 is 1.21. The van der Waals surface area contributed by atoms with Gasteiger partial charge >= 0.3 is 5.97 Å². The number of carboxylic acids is 1. The molecule has 0 aliphatic heterocycles. The zero-order valence-electron chi connectivity index (χ0n) is 10.9. The van der Waals surface area contributed by atoms with Crippen molar-refractivity contribution in [2.45, 2.75) is 24.9 Å². The number of H-pyrrole nitrogens is 1. The fourth-order valence-corrected chi connectivity index (χ4v) is 2.39. The van der Waals surface area contributed by atoms with E-state index in [0.717, 1.165) is 17.0 Å². The van der Waals surface area contributed by atoms with Gasteiger partial charge in [0, 0.05) is 11.3 Å². The standard InChI is InChI=1S/C14H16N2O2S/c1-9(2)12-13(10-6-4-3-5-7-10)16-14(15-12)19-8-11(17)18/h3-7,9H,8H2,1-2H3,(H,15,16)(H,17,18). The van der Waals surface area contributed by atoms with Crippen LogP contribution in [-0.4, -0.2) is 26.8 Å². The Morgan fingerprint density at radius 1 is 1.37 bits per heavy atom. The SMILES string of the molecule is CC(C)c1[nH]c(SCC(=O)O)nc1-c1ccccc1. The van der Waals surface area contributed by atoms with Gasteiger partial charge in [0.2, 0.25) is 0 Å². The smallest absolute Gasteiger partial charge is 0.313 e. The second-order valence-electron chi connectivity index (χ2n) is 4.51. The van der Waals surface area contributed by atoms with E-state index >= 15 is 0 Å². The zero-order valence-corrected chi connectivity index (χ0v) is 11.7. The Bertz CT molecular complexity index is 564. The minimum absolute atomic E-state index is 0.0132. The van der Waals surface area contributed by atoms with Crippen LogP contribution in [0.3, 0.4) is 0 Å². The van der Waals surface area contributed by atoms with Gasteiger partial charge in [-0.1, -0.05) is 55.9 Å². The van der Waals surface area contributed by atoms with E-state index in [1.54, 1.807) is 0 Å².